The van der Waals surface area contributed by atoms with Gasteiger partial charge in [0.05, 0.1) is 12.7 Å². The van der Waals surface area contributed by atoms with E-state index in [1.165, 1.54) is 12.1 Å². The van der Waals surface area contributed by atoms with Gasteiger partial charge in [0.2, 0.25) is 0 Å². The highest BCUT2D eigenvalue weighted by molar-refractivity contribution is 9.10. The second-order valence-corrected chi connectivity index (χ2v) is 4.24. The third-order valence-electron chi connectivity index (χ3n) is 2.11. The highest BCUT2D eigenvalue weighted by Gasteiger charge is 2.06. The van der Waals surface area contributed by atoms with Crippen LogP contribution in [0.25, 0.3) is 0 Å². The van der Waals surface area contributed by atoms with E-state index in [2.05, 4.69) is 15.9 Å². The van der Waals surface area contributed by atoms with Crippen molar-refractivity contribution < 1.29 is 14.2 Å². The normalized spacial score (nSPS) is 12.8. The van der Waals surface area contributed by atoms with Crippen molar-refractivity contribution in [2.75, 3.05) is 13.7 Å². The number of ether oxygens (including phenoxy) is 1. The molecule has 84 valence electrons. The molecule has 0 heterocycles. The van der Waals surface area contributed by atoms with Gasteiger partial charge in [-0.05, 0) is 36.6 Å². The Morgan fingerprint density at radius 3 is 2.93 bits per heavy atom. The van der Waals surface area contributed by atoms with E-state index in [0.29, 0.717) is 19.4 Å². The van der Waals surface area contributed by atoms with Crippen LogP contribution < -0.4 is 0 Å². The van der Waals surface area contributed by atoms with Crippen LogP contribution in [0.3, 0.4) is 0 Å². The molecule has 1 unspecified atom stereocenters. The number of aliphatic hydroxyl groups is 1. The second kappa shape index (κ2) is 6.20. The fraction of sp³-hybridized carbons (Fsp3) is 0.455. The fourth-order valence-corrected chi connectivity index (χ4v) is 1.78. The van der Waals surface area contributed by atoms with Gasteiger partial charge in [-0.15, -0.1) is 0 Å². The van der Waals surface area contributed by atoms with E-state index in [0.717, 1.165) is 10.0 Å². The van der Waals surface area contributed by atoms with Gasteiger partial charge < -0.3 is 9.84 Å². The van der Waals surface area contributed by atoms with Crippen molar-refractivity contribution in [3.05, 3.63) is 34.1 Å². The van der Waals surface area contributed by atoms with Gasteiger partial charge in [0, 0.05) is 11.6 Å². The Kier molecular flexibility index (Phi) is 5.22. The molecule has 2 nitrogen and oxygen atoms in total. The zero-order valence-electron chi connectivity index (χ0n) is 8.54. The summed E-state index contributed by atoms with van der Waals surface area (Å²) in [6.45, 7) is 0.312. The van der Waals surface area contributed by atoms with Gasteiger partial charge in [0.15, 0.2) is 0 Å². The predicted octanol–water partition coefficient (Wildman–Crippen LogP) is 2.53. The minimum Gasteiger partial charge on any atom is -0.391 e. The molecule has 0 saturated carbocycles. The summed E-state index contributed by atoms with van der Waals surface area (Å²) in [6, 6.07) is 4.55. The lowest BCUT2D eigenvalue weighted by molar-refractivity contribution is 0.0595. The number of rotatable bonds is 5. The average Bonchev–Trinajstić information content (AvgIpc) is 2.20. The molecule has 0 bridgehead atoms. The van der Waals surface area contributed by atoms with Crippen LogP contribution in [-0.4, -0.2) is 24.9 Å². The lowest BCUT2D eigenvalue weighted by Gasteiger charge is -2.10. The van der Waals surface area contributed by atoms with E-state index in [4.69, 9.17) is 4.74 Å². The first kappa shape index (κ1) is 12.6. The maximum atomic E-state index is 12.9. The number of benzene rings is 1. The number of aryl methyl sites for hydroxylation is 1. The standard InChI is InChI=1S/C11H14BrFO2/c1-15-7-10(14)4-2-8-6-9(13)3-5-11(8)12/h3,5-6,10,14H,2,4,7H2,1H3. The SMILES string of the molecule is COCC(O)CCc1cc(F)ccc1Br. The third-order valence-corrected chi connectivity index (χ3v) is 2.89. The van der Waals surface area contributed by atoms with Gasteiger partial charge >= 0.3 is 0 Å². The Bertz CT molecular complexity index is 317. The molecule has 1 aromatic carbocycles. The molecule has 1 N–H and O–H groups in total. The van der Waals surface area contributed by atoms with E-state index >= 15 is 0 Å². The highest BCUT2D eigenvalue weighted by Crippen LogP contribution is 2.19. The van der Waals surface area contributed by atoms with E-state index in [9.17, 15) is 9.50 Å². The first-order chi connectivity index (χ1) is 7.13. The molecule has 0 aliphatic carbocycles. The number of hydrogen-bond acceptors (Lipinski definition) is 2. The van der Waals surface area contributed by atoms with E-state index in [-0.39, 0.29) is 5.82 Å². The van der Waals surface area contributed by atoms with E-state index in [1.54, 1.807) is 13.2 Å². The van der Waals surface area contributed by atoms with Crippen LogP contribution >= 0.6 is 15.9 Å². The summed E-state index contributed by atoms with van der Waals surface area (Å²) in [5, 5.41) is 9.44. The van der Waals surface area contributed by atoms with Crippen LogP contribution in [0.1, 0.15) is 12.0 Å². The van der Waals surface area contributed by atoms with Crippen LogP contribution in [0.15, 0.2) is 22.7 Å². The highest BCUT2D eigenvalue weighted by atomic mass is 79.9. The first-order valence-corrected chi connectivity index (χ1v) is 5.53. The summed E-state index contributed by atoms with van der Waals surface area (Å²) < 4.78 is 18.6. The molecule has 15 heavy (non-hydrogen) atoms. The van der Waals surface area contributed by atoms with E-state index < -0.39 is 6.10 Å². The molecule has 4 heteroatoms. The summed E-state index contributed by atoms with van der Waals surface area (Å²) in [7, 11) is 1.54. The minimum absolute atomic E-state index is 0.255. The minimum atomic E-state index is -0.495. The van der Waals surface area contributed by atoms with Gasteiger partial charge in [0.25, 0.3) is 0 Å². The lowest BCUT2D eigenvalue weighted by Crippen LogP contribution is -2.14. The zero-order chi connectivity index (χ0) is 11.3. The quantitative estimate of drug-likeness (QED) is 0.896. The van der Waals surface area contributed by atoms with Gasteiger partial charge in [0.1, 0.15) is 5.82 Å². The molecule has 0 aliphatic rings. The molecule has 0 spiro atoms. The monoisotopic (exact) mass is 276 g/mol. The van der Waals surface area contributed by atoms with Crippen molar-refractivity contribution >= 4 is 15.9 Å². The fourth-order valence-electron chi connectivity index (χ4n) is 1.33. The lowest BCUT2D eigenvalue weighted by atomic mass is 10.1. The maximum Gasteiger partial charge on any atom is 0.123 e. The molecular formula is C11H14BrFO2. The summed E-state index contributed by atoms with van der Waals surface area (Å²) in [5.74, 6) is -0.255. The second-order valence-electron chi connectivity index (χ2n) is 3.38. The van der Waals surface area contributed by atoms with Crippen molar-refractivity contribution in [1.82, 2.24) is 0 Å². The van der Waals surface area contributed by atoms with Crippen LogP contribution in [0.5, 0.6) is 0 Å². The van der Waals surface area contributed by atoms with Crippen molar-refractivity contribution in [1.29, 1.82) is 0 Å². The smallest absolute Gasteiger partial charge is 0.123 e. The van der Waals surface area contributed by atoms with Crippen molar-refractivity contribution in [2.24, 2.45) is 0 Å². The Morgan fingerprint density at radius 2 is 2.27 bits per heavy atom. The van der Waals surface area contributed by atoms with Crippen LogP contribution in [-0.2, 0) is 11.2 Å². The van der Waals surface area contributed by atoms with Gasteiger partial charge in [-0.25, -0.2) is 4.39 Å². The first-order valence-electron chi connectivity index (χ1n) is 4.74. The molecule has 1 rings (SSSR count). The Hall–Kier alpha value is -0.450. The molecule has 1 aromatic rings. The number of halogens is 2. The summed E-state index contributed by atoms with van der Waals surface area (Å²) >= 11 is 3.34. The van der Waals surface area contributed by atoms with Crippen LogP contribution in [0.2, 0.25) is 0 Å². The zero-order valence-corrected chi connectivity index (χ0v) is 10.1. The summed E-state index contributed by atoms with van der Waals surface area (Å²) in [5.41, 5.74) is 0.866. The Balaban J connectivity index is 2.53. The Morgan fingerprint density at radius 1 is 1.53 bits per heavy atom. The summed E-state index contributed by atoms with van der Waals surface area (Å²) in [6.07, 6.45) is 0.698. The molecule has 1 atom stereocenters. The molecule has 0 amide bonds. The number of hydrogen-bond donors (Lipinski definition) is 1. The van der Waals surface area contributed by atoms with Gasteiger partial charge in [-0.3, -0.25) is 0 Å². The van der Waals surface area contributed by atoms with E-state index in [1.807, 2.05) is 0 Å². The van der Waals surface area contributed by atoms with Gasteiger partial charge in [-0.1, -0.05) is 15.9 Å². The largest absolute Gasteiger partial charge is 0.391 e. The molecule has 0 saturated heterocycles. The molecule has 0 fully saturated rings. The third kappa shape index (κ3) is 4.28. The van der Waals surface area contributed by atoms with Crippen molar-refractivity contribution in [3.8, 4) is 0 Å². The molecule has 0 radical (unpaired) electrons. The summed E-state index contributed by atoms with van der Waals surface area (Å²) in [4.78, 5) is 0. The number of methoxy groups -OCH3 is 1. The van der Waals surface area contributed by atoms with Gasteiger partial charge in [-0.2, -0.15) is 0 Å². The molecule has 0 aromatic heterocycles. The molecule has 0 aliphatic heterocycles. The Labute approximate surface area is 97.2 Å². The molecular weight excluding hydrogens is 263 g/mol. The predicted molar refractivity (Wildman–Crippen MR) is 60.3 cm³/mol. The number of aliphatic hydroxyl groups excluding tert-OH is 1. The average molecular weight is 277 g/mol. The van der Waals surface area contributed by atoms with Crippen molar-refractivity contribution in [3.63, 3.8) is 0 Å². The van der Waals surface area contributed by atoms with Crippen molar-refractivity contribution in [2.45, 2.75) is 18.9 Å². The maximum absolute atomic E-state index is 12.9. The topological polar surface area (TPSA) is 29.5 Å². The van der Waals surface area contributed by atoms with Crippen LogP contribution in [0.4, 0.5) is 4.39 Å². The van der Waals surface area contributed by atoms with Crippen LogP contribution in [0, 0.1) is 5.82 Å².